The first-order valence-electron chi connectivity index (χ1n) is 4.29. The molecule has 1 fully saturated rings. The van der Waals surface area contributed by atoms with Gasteiger partial charge >= 0.3 is 0 Å². The highest BCUT2D eigenvalue weighted by Gasteiger charge is 2.32. The maximum absolute atomic E-state index is 13.5. The van der Waals surface area contributed by atoms with E-state index in [1.54, 1.807) is 6.07 Å². The summed E-state index contributed by atoms with van der Waals surface area (Å²) in [5.41, 5.74) is 0.112. The third kappa shape index (κ3) is 1.71. The second-order valence-electron chi connectivity index (χ2n) is 3.36. The van der Waals surface area contributed by atoms with Crippen molar-refractivity contribution in [3.8, 4) is 0 Å². The summed E-state index contributed by atoms with van der Waals surface area (Å²) in [6.45, 7) is 0. The van der Waals surface area contributed by atoms with Gasteiger partial charge in [0.2, 0.25) is 0 Å². The van der Waals surface area contributed by atoms with Crippen LogP contribution in [0.3, 0.4) is 0 Å². The van der Waals surface area contributed by atoms with E-state index in [9.17, 15) is 9.18 Å². The van der Waals surface area contributed by atoms with E-state index >= 15 is 0 Å². The van der Waals surface area contributed by atoms with Gasteiger partial charge in [-0.05, 0) is 40.9 Å². The summed E-state index contributed by atoms with van der Waals surface area (Å²) in [6, 6.07) is 3.08. The van der Waals surface area contributed by atoms with E-state index in [2.05, 4.69) is 15.9 Å². The molecule has 1 nitrogen and oxygen atoms in total. The molecule has 0 unspecified atom stereocenters. The lowest BCUT2D eigenvalue weighted by Gasteiger charge is -2.03. The Balaban J connectivity index is 2.43. The van der Waals surface area contributed by atoms with Gasteiger partial charge in [-0.1, -0.05) is 11.6 Å². The molecule has 1 aliphatic carbocycles. The van der Waals surface area contributed by atoms with E-state index in [1.807, 2.05) is 0 Å². The molecule has 0 atom stereocenters. The third-order valence-electron chi connectivity index (χ3n) is 2.25. The number of carbonyl (C=O) groups is 1. The predicted octanol–water partition coefficient (Wildman–Crippen LogP) is 3.83. The van der Waals surface area contributed by atoms with Crippen molar-refractivity contribution in [1.82, 2.24) is 0 Å². The number of halogens is 3. The molecular formula is C10H7BrClFO. The molecule has 1 aromatic rings. The molecule has 2 rings (SSSR count). The van der Waals surface area contributed by atoms with Crippen LogP contribution in [0.5, 0.6) is 0 Å². The first kappa shape index (κ1) is 10.1. The molecule has 1 saturated carbocycles. The normalized spacial score (nSPS) is 15.6. The van der Waals surface area contributed by atoms with Crippen molar-refractivity contribution in [3.05, 3.63) is 33.0 Å². The smallest absolute Gasteiger partial charge is 0.168 e. The quantitative estimate of drug-likeness (QED) is 0.593. The zero-order valence-electron chi connectivity index (χ0n) is 7.19. The fourth-order valence-corrected chi connectivity index (χ4v) is 1.75. The largest absolute Gasteiger partial charge is 0.294 e. The van der Waals surface area contributed by atoms with Crippen LogP contribution in [0.1, 0.15) is 23.2 Å². The Kier molecular flexibility index (Phi) is 2.62. The van der Waals surface area contributed by atoms with E-state index in [4.69, 9.17) is 11.6 Å². The van der Waals surface area contributed by atoms with Gasteiger partial charge in [0.15, 0.2) is 11.6 Å². The number of ketones is 1. The number of hydrogen-bond acceptors (Lipinski definition) is 1. The second kappa shape index (κ2) is 3.63. The van der Waals surface area contributed by atoms with E-state index in [0.717, 1.165) is 12.8 Å². The lowest BCUT2D eigenvalue weighted by Crippen LogP contribution is -2.04. The molecule has 1 aromatic carbocycles. The van der Waals surface area contributed by atoms with Gasteiger partial charge in [0.25, 0.3) is 0 Å². The van der Waals surface area contributed by atoms with Gasteiger partial charge in [0.1, 0.15) is 0 Å². The van der Waals surface area contributed by atoms with E-state index in [-0.39, 0.29) is 22.3 Å². The van der Waals surface area contributed by atoms with Crippen molar-refractivity contribution in [2.24, 2.45) is 5.92 Å². The van der Waals surface area contributed by atoms with Gasteiger partial charge in [-0.25, -0.2) is 4.39 Å². The van der Waals surface area contributed by atoms with Crippen molar-refractivity contribution < 1.29 is 9.18 Å². The van der Waals surface area contributed by atoms with Crippen LogP contribution in [-0.2, 0) is 0 Å². The van der Waals surface area contributed by atoms with Gasteiger partial charge in [0.05, 0.1) is 10.6 Å². The van der Waals surface area contributed by atoms with Crippen molar-refractivity contribution in [1.29, 1.82) is 0 Å². The Morgan fingerprint density at radius 1 is 1.50 bits per heavy atom. The molecule has 0 heterocycles. The summed E-state index contributed by atoms with van der Waals surface area (Å²) in [7, 11) is 0. The molecule has 0 N–H and O–H groups in total. The number of benzene rings is 1. The fraction of sp³-hybridized carbons (Fsp3) is 0.300. The van der Waals surface area contributed by atoms with Crippen LogP contribution >= 0.6 is 27.5 Å². The second-order valence-corrected chi connectivity index (χ2v) is 4.59. The molecule has 0 amide bonds. The molecule has 74 valence electrons. The van der Waals surface area contributed by atoms with Gasteiger partial charge < -0.3 is 0 Å². The first-order valence-corrected chi connectivity index (χ1v) is 5.46. The molecule has 0 spiro atoms. The zero-order chi connectivity index (χ0) is 10.3. The Morgan fingerprint density at radius 3 is 2.71 bits per heavy atom. The molecule has 0 radical (unpaired) electrons. The summed E-state index contributed by atoms with van der Waals surface area (Å²) < 4.78 is 14.0. The van der Waals surface area contributed by atoms with Gasteiger partial charge in [0, 0.05) is 10.4 Å². The molecule has 14 heavy (non-hydrogen) atoms. The molecule has 1 aliphatic rings. The summed E-state index contributed by atoms with van der Waals surface area (Å²) in [5.74, 6) is -0.725. The zero-order valence-corrected chi connectivity index (χ0v) is 9.53. The minimum atomic E-state index is -0.613. The Bertz CT molecular complexity index is 401. The topological polar surface area (TPSA) is 17.1 Å². The first-order chi connectivity index (χ1) is 6.61. The summed E-state index contributed by atoms with van der Waals surface area (Å²) in [4.78, 5) is 11.6. The highest BCUT2D eigenvalue weighted by atomic mass is 79.9. The highest BCUT2D eigenvalue weighted by molar-refractivity contribution is 9.10. The van der Waals surface area contributed by atoms with Crippen molar-refractivity contribution in [2.75, 3.05) is 0 Å². The highest BCUT2D eigenvalue weighted by Crippen LogP contribution is 2.35. The molecule has 0 saturated heterocycles. The van der Waals surface area contributed by atoms with Crippen molar-refractivity contribution in [2.45, 2.75) is 12.8 Å². The third-order valence-corrected chi connectivity index (χ3v) is 3.51. The lowest BCUT2D eigenvalue weighted by atomic mass is 10.1. The summed E-state index contributed by atoms with van der Waals surface area (Å²) in [6.07, 6.45) is 1.73. The van der Waals surface area contributed by atoms with Crippen LogP contribution in [0, 0.1) is 11.7 Å². The molecular weight excluding hydrogens is 270 g/mol. The predicted molar refractivity (Wildman–Crippen MR) is 56.2 cm³/mol. The summed E-state index contributed by atoms with van der Waals surface area (Å²) >= 11 is 8.78. The minimum absolute atomic E-state index is 0.0155. The molecule has 0 aliphatic heterocycles. The van der Waals surface area contributed by atoms with Gasteiger partial charge in [-0.2, -0.15) is 0 Å². The van der Waals surface area contributed by atoms with E-state index in [1.165, 1.54) is 6.07 Å². The minimum Gasteiger partial charge on any atom is -0.294 e. The van der Waals surface area contributed by atoms with Crippen LogP contribution in [0.2, 0.25) is 5.02 Å². The summed E-state index contributed by atoms with van der Waals surface area (Å²) in [5, 5.41) is -0.0171. The van der Waals surface area contributed by atoms with E-state index in [0.29, 0.717) is 4.47 Å². The average molecular weight is 278 g/mol. The van der Waals surface area contributed by atoms with Crippen molar-refractivity contribution in [3.63, 3.8) is 0 Å². The SMILES string of the molecule is O=C(c1ccc(Br)c(Cl)c1F)C1CC1. The van der Waals surface area contributed by atoms with Crippen LogP contribution in [0.25, 0.3) is 0 Å². The lowest BCUT2D eigenvalue weighted by molar-refractivity contribution is 0.0963. The number of rotatable bonds is 2. The molecule has 0 aromatic heterocycles. The van der Waals surface area contributed by atoms with E-state index < -0.39 is 5.82 Å². The molecule has 4 heteroatoms. The van der Waals surface area contributed by atoms with Gasteiger partial charge in [-0.3, -0.25) is 4.79 Å². The van der Waals surface area contributed by atoms with Crippen LogP contribution in [-0.4, -0.2) is 5.78 Å². The number of hydrogen-bond donors (Lipinski definition) is 0. The maximum Gasteiger partial charge on any atom is 0.168 e. The van der Waals surface area contributed by atoms with Crippen LogP contribution < -0.4 is 0 Å². The fourth-order valence-electron chi connectivity index (χ4n) is 1.28. The maximum atomic E-state index is 13.5. The molecule has 0 bridgehead atoms. The average Bonchev–Trinajstić information content (AvgIpc) is 2.97. The Labute approximate surface area is 94.4 Å². The Morgan fingerprint density at radius 2 is 2.14 bits per heavy atom. The Hall–Kier alpha value is -0.410. The number of Topliss-reactive ketones (excluding diaryl/α,β-unsaturated/α-hetero) is 1. The van der Waals surface area contributed by atoms with Crippen LogP contribution in [0.15, 0.2) is 16.6 Å². The van der Waals surface area contributed by atoms with Crippen LogP contribution in [0.4, 0.5) is 4.39 Å². The monoisotopic (exact) mass is 276 g/mol. The van der Waals surface area contributed by atoms with Crippen molar-refractivity contribution >= 4 is 33.3 Å². The van der Waals surface area contributed by atoms with Gasteiger partial charge in [-0.15, -0.1) is 0 Å². The standard InChI is InChI=1S/C10H7BrClFO/c11-7-4-3-6(9(13)8(7)12)10(14)5-1-2-5/h3-5H,1-2H2. The number of carbonyl (C=O) groups excluding carboxylic acids is 1.